The standard InChI is InChI=1S/C28H42N4O4.C8H12.C2H4N/c1-7-12-32(5,6)13-14-35-15-16-36-22-8-9-25-24(17-22)23(10-11-29-25)27(34)30-19-26(33)31-20-28(3,4)18-21(31)2;1-4-6-8(3)7-5-2;1-3-2/h8-11,17,21H,7,12-16,18-20H2,1-6H3;4-7H,1H2,2-3H3;1H,2H3/q;;+1/p+1/b;7-5-,8-6-;/t21-;;/m1../s1. The van der Waals surface area contributed by atoms with Crippen molar-refractivity contribution in [2.75, 3.05) is 67.1 Å². The van der Waals surface area contributed by atoms with Gasteiger partial charge in [-0.3, -0.25) is 14.6 Å². The number of pyridine rings is 1. The van der Waals surface area contributed by atoms with Crippen LogP contribution in [0.15, 0.2) is 66.9 Å². The highest BCUT2D eigenvalue weighted by atomic mass is 16.5. The van der Waals surface area contributed by atoms with Crippen LogP contribution in [0.2, 0.25) is 0 Å². The van der Waals surface area contributed by atoms with E-state index in [9.17, 15) is 9.59 Å². The Balaban J connectivity index is 0.000000865. The summed E-state index contributed by atoms with van der Waals surface area (Å²) in [6, 6.07) is 7.36. The van der Waals surface area contributed by atoms with Crippen LogP contribution in [0, 0.1) is 12.0 Å². The topological polar surface area (TPSA) is 85.1 Å². The molecule has 1 fully saturated rings. The molecule has 1 atom stereocenters. The number of fused-ring (bicyclic) bond motifs is 1. The third-order valence-corrected chi connectivity index (χ3v) is 7.63. The Bertz CT molecular complexity index is 1390. The van der Waals surface area contributed by atoms with Crippen molar-refractivity contribution in [1.82, 2.24) is 15.2 Å². The number of hydrogen-bond acceptors (Lipinski definition) is 5. The Kier molecular flexibility index (Phi) is 18.3. The van der Waals surface area contributed by atoms with Gasteiger partial charge in [0.05, 0.1) is 51.5 Å². The van der Waals surface area contributed by atoms with Gasteiger partial charge in [0, 0.05) is 24.2 Å². The summed E-state index contributed by atoms with van der Waals surface area (Å²) in [4.78, 5) is 35.0. The molecule has 2 heterocycles. The van der Waals surface area contributed by atoms with Crippen LogP contribution in [0.1, 0.15) is 64.7 Å². The van der Waals surface area contributed by atoms with E-state index in [1.54, 1.807) is 18.3 Å². The van der Waals surface area contributed by atoms with E-state index in [4.69, 9.17) is 9.47 Å². The number of rotatable bonds is 14. The SMILES string of the molecule is C#[N+]C.C=C/C=C(C)\C=C/C.CCC[N+](C)(C)CCOCCOc1ccc2nccc(C(=O)NCC(=O)N3CC(C)(C)C[C@H]3C)c2c1. The molecular weight excluding hydrogens is 590 g/mol. The molecule has 9 heteroatoms. The molecule has 1 aromatic heterocycles. The minimum absolute atomic E-state index is 0.0234. The average molecular weight is 650 g/mol. The van der Waals surface area contributed by atoms with Gasteiger partial charge in [-0.15, -0.1) is 0 Å². The van der Waals surface area contributed by atoms with Gasteiger partial charge >= 0.3 is 0 Å². The molecule has 2 amide bonds. The minimum Gasteiger partial charge on any atom is -0.491 e. The number of carbonyl (C=O) groups is 2. The van der Waals surface area contributed by atoms with Gasteiger partial charge in [0.2, 0.25) is 5.91 Å². The van der Waals surface area contributed by atoms with Crippen LogP contribution >= 0.6 is 0 Å². The molecule has 1 aromatic carbocycles. The van der Waals surface area contributed by atoms with Crippen LogP contribution in [-0.4, -0.2) is 99.4 Å². The highest BCUT2D eigenvalue weighted by molar-refractivity contribution is 6.07. The van der Waals surface area contributed by atoms with Crippen molar-refractivity contribution in [3.8, 4) is 12.3 Å². The van der Waals surface area contributed by atoms with Crippen molar-refractivity contribution >= 4 is 22.7 Å². The van der Waals surface area contributed by atoms with Crippen molar-refractivity contribution in [2.45, 2.75) is 60.4 Å². The third kappa shape index (κ3) is 15.4. The van der Waals surface area contributed by atoms with Crippen molar-refractivity contribution in [3.63, 3.8) is 0 Å². The second-order valence-electron chi connectivity index (χ2n) is 13.2. The Morgan fingerprint density at radius 3 is 2.51 bits per heavy atom. The first-order valence-corrected chi connectivity index (χ1v) is 16.4. The van der Waals surface area contributed by atoms with Crippen molar-refractivity contribution in [2.24, 2.45) is 5.41 Å². The van der Waals surface area contributed by atoms with Gasteiger partial charge in [-0.05, 0) is 63.3 Å². The molecule has 0 saturated carbocycles. The van der Waals surface area contributed by atoms with E-state index in [0.29, 0.717) is 48.6 Å². The maximum absolute atomic E-state index is 13.0. The van der Waals surface area contributed by atoms with E-state index in [0.717, 1.165) is 30.4 Å². The van der Waals surface area contributed by atoms with Gasteiger partial charge in [-0.2, -0.15) is 0 Å². The number of nitrogens with one attached hydrogen (secondary N) is 1. The molecule has 1 N–H and O–H groups in total. The molecule has 0 aliphatic carbocycles. The second kappa shape index (κ2) is 21.0. The van der Waals surface area contributed by atoms with Crippen LogP contribution in [0.3, 0.4) is 0 Å². The number of ether oxygens (including phenoxy) is 2. The quantitative estimate of drug-likeness (QED) is 0.139. The van der Waals surface area contributed by atoms with E-state index < -0.39 is 0 Å². The van der Waals surface area contributed by atoms with E-state index in [2.05, 4.69) is 70.1 Å². The van der Waals surface area contributed by atoms with E-state index >= 15 is 0 Å². The molecule has 2 aromatic rings. The van der Waals surface area contributed by atoms with Crippen LogP contribution in [0.25, 0.3) is 15.7 Å². The lowest BCUT2D eigenvalue weighted by Crippen LogP contribution is -2.42. The van der Waals surface area contributed by atoms with Crippen LogP contribution in [0.4, 0.5) is 0 Å². The van der Waals surface area contributed by atoms with Crippen LogP contribution in [0.5, 0.6) is 5.75 Å². The van der Waals surface area contributed by atoms with E-state index in [1.807, 2.05) is 55.2 Å². The fraction of sp³-hybridized carbons (Fsp3) is 0.526. The highest BCUT2D eigenvalue weighted by Gasteiger charge is 2.37. The fourth-order valence-corrected chi connectivity index (χ4v) is 5.54. The van der Waals surface area contributed by atoms with Crippen LogP contribution < -0.4 is 10.1 Å². The van der Waals surface area contributed by atoms with Gasteiger partial charge in [0.25, 0.3) is 19.5 Å². The van der Waals surface area contributed by atoms with Crippen LogP contribution in [-0.2, 0) is 9.53 Å². The Hall–Kier alpha value is -4.00. The summed E-state index contributed by atoms with van der Waals surface area (Å²) in [5.74, 6) is 0.301. The van der Waals surface area contributed by atoms with Gasteiger partial charge in [0.15, 0.2) is 0 Å². The summed E-state index contributed by atoms with van der Waals surface area (Å²) in [5.41, 5.74) is 2.51. The molecule has 47 heavy (non-hydrogen) atoms. The summed E-state index contributed by atoms with van der Waals surface area (Å²) in [6.07, 6.45) is 11.5. The predicted molar refractivity (Wildman–Crippen MR) is 195 cm³/mol. The van der Waals surface area contributed by atoms with Crippen molar-refractivity contribution in [1.29, 1.82) is 0 Å². The number of nitrogens with zero attached hydrogens (tertiary/aromatic N) is 4. The van der Waals surface area contributed by atoms with Gasteiger partial charge in [0.1, 0.15) is 18.9 Å². The first-order chi connectivity index (χ1) is 22.2. The molecular formula is C38H59N5O4+2. The third-order valence-electron chi connectivity index (χ3n) is 7.63. The highest BCUT2D eigenvalue weighted by Crippen LogP contribution is 2.33. The molecule has 1 aliphatic rings. The number of allylic oxidation sites excluding steroid dienone is 5. The van der Waals surface area contributed by atoms with E-state index in [-0.39, 0.29) is 29.8 Å². The monoisotopic (exact) mass is 649 g/mol. The number of aromatic nitrogens is 1. The zero-order valence-corrected chi connectivity index (χ0v) is 30.3. The summed E-state index contributed by atoms with van der Waals surface area (Å²) in [6.45, 7) is 25.1. The normalized spacial score (nSPS) is 15.6. The Labute approximate surface area is 283 Å². The largest absolute Gasteiger partial charge is 0.491 e. The summed E-state index contributed by atoms with van der Waals surface area (Å²) >= 11 is 0. The molecule has 0 bridgehead atoms. The zero-order valence-electron chi connectivity index (χ0n) is 30.3. The molecule has 0 radical (unpaired) electrons. The predicted octanol–water partition coefficient (Wildman–Crippen LogP) is 6.77. The Morgan fingerprint density at radius 1 is 1.21 bits per heavy atom. The maximum Gasteiger partial charge on any atom is 0.257 e. The number of hydrogen-bond donors (Lipinski definition) is 1. The second-order valence-corrected chi connectivity index (χ2v) is 13.2. The number of carbonyl (C=O) groups excluding carboxylic acids is 2. The van der Waals surface area contributed by atoms with Gasteiger partial charge in [-0.1, -0.05) is 62.1 Å². The molecule has 1 aliphatic heterocycles. The van der Waals surface area contributed by atoms with Crippen molar-refractivity contribution in [3.05, 3.63) is 77.3 Å². The molecule has 9 nitrogen and oxygen atoms in total. The molecule has 3 rings (SSSR count). The maximum atomic E-state index is 13.0. The smallest absolute Gasteiger partial charge is 0.257 e. The number of amides is 2. The number of benzene rings is 1. The molecule has 258 valence electrons. The van der Waals surface area contributed by atoms with Gasteiger partial charge in [-0.25, -0.2) is 0 Å². The summed E-state index contributed by atoms with van der Waals surface area (Å²) in [7, 11) is 5.95. The average Bonchev–Trinajstić information content (AvgIpc) is 3.29. The number of quaternary nitrogens is 1. The number of likely N-dealkylation sites (N-methyl/N-ethyl adjacent to an activating group) is 1. The minimum atomic E-state index is -0.296. The molecule has 0 spiro atoms. The lowest BCUT2D eigenvalue weighted by molar-refractivity contribution is -0.890. The fourth-order valence-electron chi connectivity index (χ4n) is 5.54. The zero-order chi connectivity index (χ0) is 35.5. The lowest BCUT2D eigenvalue weighted by atomic mass is 9.91. The van der Waals surface area contributed by atoms with Crippen molar-refractivity contribution < 1.29 is 23.5 Å². The van der Waals surface area contributed by atoms with E-state index in [1.165, 1.54) is 12.6 Å². The lowest BCUT2D eigenvalue weighted by Gasteiger charge is -2.29. The summed E-state index contributed by atoms with van der Waals surface area (Å²) in [5, 5.41) is 3.49. The first kappa shape index (κ1) is 41.0. The molecule has 1 saturated heterocycles. The van der Waals surface area contributed by atoms with Gasteiger partial charge < -0.3 is 24.2 Å². The number of likely N-dealkylation sites (tertiary alicyclic amines) is 1. The summed E-state index contributed by atoms with van der Waals surface area (Å²) < 4.78 is 12.6. The molecule has 0 unspecified atom stereocenters. The first-order valence-electron chi connectivity index (χ1n) is 16.4. The Morgan fingerprint density at radius 2 is 1.91 bits per heavy atom.